The van der Waals surface area contributed by atoms with E-state index in [0.717, 1.165) is 11.4 Å². The lowest BCUT2D eigenvalue weighted by Crippen LogP contribution is -2.39. The third-order valence-corrected chi connectivity index (χ3v) is 4.75. The third kappa shape index (κ3) is 2.85. The number of carbonyl (C=O) groups is 1. The Morgan fingerprint density at radius 1 is 1.32 bits per heavy atom. The SMILES string of the molecule is Cc1cc(C)n2cnc(C(=O)N[C@@H](C)C3CCCCC3)c2n1. The molecule has 0 saturated heterocycles. The number of hydrogen-bond donors (Lipinski definition) is 1. The van der Waals surface area contributed by atoms with Gasteiger partial charge in [0.05, 0.1) is 0 Å². The number of aromatic nitrogens is 3. The highest BCUT2D eigenvalue weighted by Crippen LogP contribution is 2.26. The van der Waals surface area contributed by atoms with Crippen molar-refractivity contribution in [3.05, 3.63) is 29.5 Å². The van der Waals surface area contributed by atoms with E-state index < -0.39 is 0 Å². The van der Waals surface area contributed by atoms with Crippen LogP contribution in [-0.2, 0) is 0 Å². The fourth-order valence-corrected chi connectivity index (χ4v) is 3.47. The molecular formula is C17H24N4O. The zero-order valence-corrected chi connectivity index (χ0v) is 13.6. The topological polar surface area (TPSA) is 59.3 Å². The van der Waals surface area contributed by atoms with Crippen LogP contribution in [0.15, 0.2) is 12.4 Å². The number of nitrogens with one attached hydrogen (secondary N) is 1. The fraction of sp³-hybridized carbons (Fsp3) is 0.588. The standard InChI is InChI=1S/C17H24N4O/c1-11-9-12(2)21-10-18-15(16(21)19-11)17(22)20-13(3)14-7-5-4-6-8-14/h9-10,13-14H,4-8H2,1-3H3,(H,20,22)/t13-/m0/s1. The first-order valence-electron chi connectivity index (χ1n) is 8.18. The molecular weight excluding hydrogens is 276 g/mol. The fourth-order valence-electron chi connectivity index (χ4n) is 3.47. The zero-order chi connectivity index (χ0) is 15.7. The van der Waals surface area contributed by atoms with Gasteiger partial charge >= 0.3 is 0 Å². The molecule has 118 valence electrons. The minimum Gasteiger partial charge on any atom is -0.348 e. The van der Waals surface area contributed by atoms with Crippen molar-refractivity contribution in [2.24, 2.45) is 5.92 Å². The maximum absolute atomic E-state index is 12.6. The van der Waals surface area contributed by atoms with Crippen molar-refractivity contribution in [1.29, 1.82) is 0 Å². The van der Waals surface area contributed by atoms with Crippen LogP contribution in [0.3, 0.4) is 0 Å². The molecule has 3 rings (SSSR count). The molecule has 5 nitrogen and oxygen atoms in total. The Bertz CT molecular complexity index is 685. The van der Waals surface area contributed by atoms with Gasteiger partial charge in [0.15, 0.2) is 11.3 Å². The maximum atomic E-state index is 12.6. The summed E-state index contributed by atoms with van der Waals surface area (Å²) in [5, 5.41) is 3.13. The molecule has 2 aromatic heterocycles. The van der Waals surface area contributed by atoms with E-state index in [1.807, 2.05) is 24.3 Å². The molecule has 0 unspecified atom stereocenters. The smallest absolute Gasteiger partial charge is 0.274 e. The summed E-state index contributed by atoms with van der Waals surface area (Å²) in [7, 11) is 0. The van der Waals surface area contributed by atoms with Crippen LogP contribution < -0.4 is 5.32 Å². The summed E-state index contributed by atoms with van der Waals surface area (Å²) in [6.07, 6.45) is 7.97. The predicted octanol–water partition coefficient (Wildman–Crippen LogP) is 3.04. The summed E-state index contributed by atoms with van der Waals surface area (Å²) in [6.45, 7) is 6.04. The average molecular weight is 300 g/mol. The lowest BCUT2D eigenvalue weighted by atomic mass is 9.84. The lowest BCUT2D eigenvalue weighted by molar-refractivity contribution is 0.0916. The Hall–Kier alpha value is -1.91. The summed E-state index contributed by atoms with van der Waals surface area (Å²) in [6, 6.07) is 2.18. The van der Waals surface area contributed by atoms with Crippen molar-refractivity contribution >= 4 is 11.6 Å². The Balaban J connectivity index is 1.80. The molecule has 22 heavy (non-hydrogen) atoms. The van der Waals surface area contributed by atoms with Crippen molar-refractivity contribution in [3.8, 4) is 0 Å². The Morgan fingerprint density at radius 2 is 2.05 bits per heavy atom. The molecule has 1 aliphatic carbocycles. The quantitative estimate of drug-likeness (QED) is 0.947. The molecule has 1 atom stereocenters. The molecule has 1 saturated carbocycles. The molecule has 0 bridgehead atoms. The van der Waals surface area contributed by atoms with E-state index in [0.29, 0.717) is 17.3 Å². The molecule has 0 aromatic carbocycles. The first-order chi connectivity index (χ1) is 10.6. The van der Waals surface area contributed by atoms with Gasteiger partial charge < -0.3 is 5.32 Å². The number of aryl methyl sites for hydroxylation is 2. The minimum absolute atomic E-state index is 0.113. The van der Waals surface area contributed by atoms with Crippen molar-refractivity contribution in [2.75, 3.05) is 0 Å². The van der Waals surface area contributed by atoms with Crippen LogP contribution in [-0.4, -0.2) is 26.3 Å². The molecule has 5 heteroatoms. The van der Waals surface area contributed by atoms with E-state index in [9.17, 15) is 4.79 Å². The second-order valence-corrected chi connectivity index (χ2v) is 6.49. The van der Waals surface area contributed by atoms with Gasteiger partial charge in [-0.3, -0.25) is 9.20 Å². The first kappa shape index (κ1) is 15.0. The van der Waals surface area contributed by atoms with Crippen molar-refractivity contribution in [2.45, 2.75) is 58.9 Å². The van der Waals surface area contributed by atoms with Crippen LogP contribution in [0.5, 0.6) is 0 Å². The molecule has 1 amide bonds. The van der Waals surface area contributed by atoms with Gasteiger partial charge in [0, 0.05) is 17.4 Å². The lowest BCUT2D eigenvalue weighted by Gasteiger charge is -2.28. The molecule has 0 spiro atoms. The van der Waals surface area contributed by atoms with E-state index >= 15 is 0 Å². The number of fused-ring (bicyclic) bond motifs is 1. The monoisotopic (exact) mass is 300 g/mol. The van der Waals surface area contributed by atoms with Crippen LogP contribution in [0.4, 0.5) is 0 Å². The van der Waals surface area contributed by atoms with Gasteiger partial charge in [-0.25, -0.2) is 9.97 Å². The maximum Gasteiger partial charge on any atom is 0.274 e. The number of hydrogen-bond acceptors (Lipinski definition) is 3. The van der Waals surface area contributed by atoms with E-state index in [4.69, 9.17) is 0 Å². The van der Waals surface area contributed by atoms with Crippen molar-refractivity contribution in [1.82, 2.24) is 19.7 Å². The number of carbonyl (C=O) groups excluding carboxylic acids is 1. The molecule has 1 fully saturated rings. The van der Waals surface area contributed by atoms with Gasteiger partial charge in [-0.1, -0.05) is 19.3 Å². The van der Waals surface area contributed by atoms with E-state index in [-0.39, 0.29) is 11.9 Å². The van der Waals surface area contributed by atoms with Crippen LogP contribution in [0.25, 0.3) is 5.65 Å². The highest BCUT2D eigenvalue weighted by molar-refractivity contribution is 5.98. The highest BCUT2D eigenvalue weighted by atomic mass is 16.2. The zero-order valence-electron chi connectivity index (χ0n) is 13.6. The summed E-state index contributed by atoms with van der Waals surface area (Å²) in [5.74, 6) is 0.473. The number of nitrogens with zero attached hydrogens (tertiary/aromatic N) is 3. The van der Waals surface area contributed by atoms with Crippen molar-refractivity contribution < 1.29 is 4.79 Å². The van der Waals surface area contributed by atoms with Crippen LogP contribution in [0.2, 0.25) is 0 Å². The van der Waals surface area contributed by atoms with Crippen LogP contribution in [0, 0.1) is 19.8 Å². The molecule has 1 N–H and O–H groups in total. The second kappa shape index (κ2) is 6.07. The number of amides is 1. The minimum atomic E-state index is -0.113. The van der Waals surface area contributed by atoms with E-state index in [1.165, 1.54) is 32.1 Å². The van der Waals surface area contributed by atoms with Crippen LogP contribution in [0.1, 0.15) is 60.9 Å². The summed E-state index contributed by atoms with van der Waals surface area (Å²) in [5.41, 5.74) is 3.01. The Labute approximate surface area is 131 Å². The number of rotatable bonds is 3. The molecule has 1 aliphatic rings. The summed E-state index contributed by atoms with van der Waals surface area (Å²) in [4.78, 5) is 21.3. The predicted molar refractivity (Wildman–Crippen MR) is 86.0 cm³/mol. The van der Waals surface area contributed by atoms with E-state index in [1.54, 1.807) is 6.33 Å². The summed E-state index contributed by atoms with van der Waals surface area (Å²) >= 11 is 0. The van der Waals surface area contributed by atoms with E-state index in [2.05, 4.69) is 22.2 Å². The number of imidazole rings is 1. The van der Waals surface area contributed by atoms with Crippen molar-refractivity contribution in [3.63, 3.8) is 0 Å². The summed E-state index contributed by atoms with van der Waals surface area (Å²) < 4.78 is 1.87. The van der Waals surface area contributed by atoms with Gasteiger partial charge in [0.1, 0.15) is 6.33 Å². The Morgan fingerprint density at radius 3 is 2.77 bits per heavy atom. The van der Waals surface area contributed by atoms with Gasteiger partial charge in [0.25, 0.3) is 5.91 Å². The molecule has 0 aliphatic heterocycles. The molecule has 2 heterocycles. The van der Waals surface area contributed by atoms with Gasteiger partial charge in [0.2, 0.25) is 0 Å². The largest absolute Gasteiger partial charge is 0.348 e. The Kier molecular flexibility index (Phi) is 4.14. The molecule has 0 radical (unpaired) electrons. The van der Waals surface area contributed by atoms with Gasteiger partial charge in [-0.05, 0) is 45.6 Å². The first-order valence-corrected chi connectivity index (χ1v) is 8.18. The highest BCUT2D eigenvalue weighted by Gasteiger charge is 2.24. The van der Waals surface area contributed by atoms with Gasteiger partial charge in [-0.2, -0.15) is 0 Å². The average Bonchev–Trinajstić information content (AvgIpc) is 2.92. The second-order valence-electron chi connectivity index (χ2n) is 6.49. The van der Waals surface area contributed by atoms with Crippen LogP contribution >= 0.6 is 0 Å². The molecule has 2 aromatic rings. The third-order valence-electron chi connectivity index (χ3n) is 4.75. The van der Waals surface area contributed by atoms with Gasteiger partial charge in [-0.15, -0.1) is 0 Å². The normalized spacial score (nSPS) is 17.6.